The normalized spacial score (nSPS) is 10.9. The Kier molecular flexibility index (Phi) is 7.25. The summed E-state index contributed by atoms with van der Waals surface area (Å²) in [4.78, 5) is 2.26. The third-order valence-electron chi connectivity index (χ3n) is 2.97. The average Bonchev–Trinajstić information content (AvgIpc) is 2.43. The van der Waals surface area contributed by atoms with Crippen LogP contribution in [0.2, 0.25) is 0 Å². The second-order valence-electron chi connectivity index (χ2n) is 4.33. The van der Waals surface area contributed by atoms with Crippen LogP contribution in [0.3, 0.4) is 0 Å². The van der Waals surface area contributed by atoms with Crippen LogP contribution in [0.25, 0.3) is 0 Å². The van der Waals surface area contributed by atoms with Gasteiger partial charge in [0.1, 0.15) is 5.75 Å². The lowest BCUT2D eigenvalue weighted by molar-refractivity contribution is 0.110. The van der Waals surface area contributed by atoms with Crippen molar-refractivity contribution in [3.05, 3.63) is 23.8 Å². The van der Waals surface area contributed by atoms with Gasteiger partial charge in [-0.3, -0.25) is 4.90 Å². The van der Waals surface area contributed by atoms with Crippen molar-refractivity contribution in [1.82, 2.24) is 4.90 Å². The van der Waals surface area contributed by atoms with Crippen molar-refractivity contribution in [3.8, 4) is 5.75 Å². The van der Waals surface area contributed by atoms with Gasteiger partial charge in [0.05, 0.1) is 20.3 Å². The van der Waals surface area contributed by atoms with E-state index in [1.165, 1.54) is 0 Å². The number of benzene rings is 1. The van der Waals surface area contributed by atoms with E-state index >= 15 is 0 Å². The van der Waals surface area contributed by atoms with Gasteiger partial charge in [0, 0.05) is 45.6 Å². The molecule has 0 aliphatic carbocycles. The minimum atomic E-state index is 0.694. The SMILES string of the molecule is COCCN(CCOC)Cc1ccc(OC)cc1N. The second-order valence-corrected chi connectivity index (χ2v) is 4.33. The molecule has 0 spiro atoms. The lowest BCUT2D eigenvalue weighted by atomic mass is 10.1. The topological polar surface area (TPSA) is 57.0 Å². The zero-order valence-electron chi connectivity index (χ0n) is 12.0. The van der Waals surface area contributed by atoms with Crippen LogP contribution in [0.5, 0.6) is 5.75 Å². The first-order chi connectivity index (χ1) is 9.21. The minimum Gasteiger partial charge on any atom is -0.497 e. The number of nitrogen functional groups attached to an aromatic ring is 1. The number of methoxy groups -OCH3 is 3. The summed E-state index contributed by atoms with van der Waals surface area (Å²) in [7, 11) is 5.05. The Morgan fingerprint density at radius 3 is 2.16 bits per heavy atom. The summed E-state index contributed by atoms with van der Waals surface area (Å²) in [6.07, 6.45) is 0. The van der Waals surface area contributed by atoms with E-state index in [2.05, 4.69) is 4.90 Å². The molecule has 0 atom stereocenters. The highest BCUT2D eigenvalue weighted by molar-refractivity contribution is 5.51. The lowest BCUT2D eigenvalue weighted by Crippen LogP contribution is -2.30. The molecule has 0 aromatic heterocycles. The Labute approximate surface area is 115 Å². The summed E-state index contributed by atoms with van der Waals surface area (Å²) in [5.74, 6) is 0.779. The molecule has 0 saturated carbocycles. The maximum absolute atomic E-state index is 6.03. The lowest BCUT2D eigenvalue weighted by Gasteiger charge is -2.22. The predicted octanol–water partition coefficient (Wildman–Crippen LogP) is 1.37. The molecule has 0 aliphatic heterocycles. The van der Waals surface area contributed by atoms with Crippen molar-refractivity contribution in [2.24, 2.45) is 0 Å². The molecule has 108 valence electrons. The van der Waals surface area contributed by atoms with Gasteiger partial charge in [0.2, 0.25) is 0 Å². The van der Waals surface area contributed by atoms with E-state index in [0.717, 1.165) is 36.6 Å². The maximum atomic E-state index is 6.03. The molecule has 5 nitrogen and oxygen atoms in total. The smallest absolute Gasteiger partial charge is 0.120 e. The minimum absolute atomic E-state index is 0.694. The largest absolute Gasteiger partial charge is 0.497 e. The van der Waals surface area contributed by atoms with E-state index in [0.29, 0.717) is 13.2 Å². The first kappa shape index (κ1) is 15.8. The predicted molar refractivity (Wildman–Crippen MR) is 76.4 cm³/mol. The molecule has 1 rings (SSSR count). The third-order valence-corrected chi connectivity index (χ3v) is 2.97. The van der Waals surface area contributed by atoms with E-state index in [1.54, 1.807) is 21.3 Å². The molecule has 0 heterocycles. The molecule has 1 aromatic rings. The molecule has 5 heteroatoms. The second kappa shape index (κ2) is 8.74. The van der Waals surface area contributed by atoms with Crippen LogP contribution in [0.1, 0.15) is 5.56 Å². The van der Waals surface area contributed by atoms with E-state index in [1.807, 2.05) is 18.2 Å². The number of anilines is 1. The van der Waals surface area contributed by atoms with E-state index in [9.17, 15) is 0 Å². The van der Waals surface area contributed by atoms with Crippen LogP contribution in [-0.4, -0.2) is 52.5 Å². The number of nitrogens with two attached hydrogens (primary N) is 1. The molecule has 19 heavy (non-hydrogen) atoms. The van der Waals surface area contributed by atoms with Crippen molar-refractivity contribution < 1.29 is 14.2 Å². The Bertz CT molecular complexity index is 364. The fourth-order valence-electron chi connectivity index (χ4n) is 1.80. The molecular weight excluding hydrogens is 244 g/mol. The number of hydrogen-bond acceptors (Lipinski definition) is 5. The molecular formula is C14H24N2O3. The molecule has 0 aliphatic rings. The molecule has 0 unspecified atom stereocenters. The standard InChI is InChI=1S/C14H24N2O3/c1-17-8-6-16(7-9-18-2)11-12-4-5-13(19-3)10-14(12)15/h4-5,10H,6-9,11,15H2,1-3H3. The van der Waals surface area contributed by atoms with Gasteiger partial charge in [-0.25, -0.2) is 0 Å². The van der Waals surface area contributed by atoms with Crippen LogP contribution in [0, 0.1) is 0 Å². The highest BCUT2D eigenvalue weighted by Crippen LogP contribution is 2.20. The summed E-state index contributed by atoms with van der Waals surface area (Å²) < 4.78 is 15.4. The first-order valence-corrected chi connectivity index (χ1v) is 6.34. The fraction of sp³-hybridized carbons (Fsp3) is 0.571. The third kappa shape index (κ3) is 5.46. The Hall–Kier alpha value is -1.30. The zero-order valence-corrected chi connectivity index (χ0v) is 12.0. The quantitative estimate of drug-likeness (QED) is 0.686. The summed E-state index contributed by atoms with van der Waals surface area (Å²) in [6, 6.07) is 5.78. The van der Waals surface area contributed by atoms with Crippen LogP contribution in [-0.2, 0) is 16.0 Å². The van der Waals surface area contributed by atoms with Crippen LogP contribution >= 0.6 is 0 Å². The van der Waals surface area contributed by atoms with Crippen molar-refractivity contribution in [2.45, 2.75) is 6.54 Å². The number of nitrogens with zero attached hydrogens (tertiary/aromatic N) is 1. The highest BCUT2D eigenvalue weighted by atomic mass is 16.5. The van der Waals surface area contributed by atoms with Crippen molar-refractivity contribution >= 4 is 5.69 Å². The number of hydrogen-bond donors (Lipinski definition) is 1. The Morgan fingerprint density at radius 1 is 1.05 bits per heavy atom. The van der Waals surface area contributed by atoms with Gasteiger partial charge in [-0.1, -0.05) is 6.07 Å². The van der Waals surface area contributed by atoms with Gasteiger partial charge in [0.15, 0.2) is 0 Å². The molecule has 0 bridgehead atoms. The molecule has 0 fully saturated rings. The van der Waals surface area contributed by atoms with Gasteiger partial charge in [-0.05, 0) is 11.6 Å². The number of ether oxygens (including phenoxy) is 3. The van der Waals surface area contributed by atoms with E-state index in [4.69, 9.17) is 19.9 Å². The van der Waals surface area contributed by atoms with Crippen molar-refractivity contribution in [2.75, 3.05) is 53.4 Å². The Balaban J connectivity index is 2.65. The van der Waals surface area contributed by atoms with Crippen molar-refractivity contribution in [3.63, 3.8) is 0 Å². The van der Waals surface area contributed by atoms with E-state index < -0.39 is 0 Å². The van der Waals surface area contributed by atoms with Gasteiger partial charge in [-0.2, -0.15) is 0 Å². The van der Waals surface area contributed by atoms with E-state index in [-0.39, 0.29) is 0 Å². The maximum Gasteiger partial charge on any atom is 0.120 e. The first-order valence-electron chi connectivity index (χ1n) is 6.34. The zero-order chi connectivity index (χ0) is 14.1. The van der Waals surface area contributed by atoms with Crippen molar-refractivity contribution in [1.29, 1.82) is 0 Å². The summed E-state index contributed by atoms with van der Waals surface area (Å²) >= 11 is 0. The molecule has 1 aromatic carbocycles. The molecule has 2 N–H and O–H groups in total. The average molecular weight is 268 g/mol. The molecule has 0 saturated heterocycles. The molecule has 0 radical (unpaired) electrons. The monoisotopic (exact) mass is 268 g/mol. The fourth-order valence-corrected chi connectivity index (χ4v) is 1.80. The Morgan fingerprint density at radius 2 is 1.68 bits per heavy atom. The van der Waals surface area contributed by atoms with Gasteiger partial charge in [0.25, 0.3) is 0 Å². The number of rotatable bonds is 9. The highest BCUT2D eigenvalue weighted by Gasteiger charge is 2.08. The summed E-state index contributed by atoms with van der Waals surface area (Å²) in [5.41, 5.74) is 7.87. The van der Waals surface area contributed by atoms with Gasteiger partial charge in [-0.15, -0.1) is 0 Å². The summed E-state index contributed by atoms with van der Waals surface area (Å²) in [5, 5.41) is 0. The summed E-state index contributed by atoms with van der Waals surface area (Å²) in [6.45, 7) is 3.87. The van der Waals surface area contributed by atoms with Gasteiger partial charge < -0.3 is 19.9 Å². The molecule has 0 amide bonds. The van der Waals surface area contributed by atoms with Crippen LogP contribution in [0.15, 0.2) is 18.2 Å². The van der Waals surface area contributed by atoms with Crippen LogP contribution < -0.4 is 10.5 Å². The van der Waals surface area contributed by atoms with Gasteiger partial charge >= 0.3 is 0 Å². The van der Waals surface area contributed by atoms with Crippen LogP contribution in [0.4, 0.5) is 5.69 Å².